The van der Waals surface area contributed by atoms with Gasteiger partial charge in [0, 0.05) is 29.3 Å². The van der Waals surface area contributed by atoms with Gasteiger partial charge in [0.1, 0.15) is 10.8 Å². The van der Waals surface area contributed by atoms with Crippen LogP contribution < -0.4 is 0 Å². The van der Waals surface area contributed by atoms with Crippen molar-refractivity contribution < 1.29 is 9.32 Å². The van der Waals surface area contributed by atoms with E-state index in [1.165, 1.54) is 18.6 Å². The molecule has 0 bridgehead atoms. The first kappa shape index (κ1) is 20.4. The Kier molecular flexibility index (Phi) is 5.20. The highest BCUT2D eigenvalue weighted by Gasteiger charge is 2.27. The third-order valence-corrected chi connectivity index (χ3v) is 5.69. The topological polar surface area (TPSA) is 86.7 Å². The van der Waals surface area contributed by atoms with Gasteiger partial charge in [-0.3, -0.25) is 9.78 Å². The molecule has 0 aliphatic carbocycles. The van der Waals surface area contributed by atoms with Gasteiger partial charge in [-0.25, -0.2) is 4.98 Å². The summed E-state index contributed by atoms with van der Waals surface area (Å²) in [6.07, 6.45) is 4.54. The van der Waals surface area contributed by atoms with Crippen LogP contribution in [0.4, 0.5) is 0 Å². The van der Waals surface area contributed by atoms with Crippen molar-refractivity contribution in [1.29, 1.82) is 0 Å². The number of nitrogens with zero attached hydrogens (tertiary/aromatic N) is 5. The summed E-state index contributed by atoms with van der Waals surface area (Å²) < 4.78 is 7.13. The van der Waals surface area contributed by atoms with Crippen LogP contribution in [-0.4, -0.2) is 30.5 Å². The van der Waals surface area contributed by atoms with Gasteiger partial charge in [-0.2, -0.15) is 4.98 Å². The number of ketones is 1. The average molecular weight is 464 g/mol. The highest BCUT2D eigenvalue weighted by Crippen LogP contribution is 2.33. The van der Waals surface area contributed by atoms with Crippen molar-refractivity contribution in [2.24, 2.45) is 0 Å². The maximum Gasteiger partial charge on any atom is 0.299 e. The normalized spacial score (nSPS) is 11.2. The van der Waals surface area contributed by atoms with E-state index in [4.69, 9.17) is 27.7 Å². The summed E-state index contributed by atoms with van der Waals surface area (Å²) >= 11 is 12.8. The third-order valence-electron chi connectivity index (χ3n) is 5.05. The number of carbonyl (C=O) groups is 1. The first-order valence-electron chi connectivity index (χ1n) is 9.69. The molecule has 3 aromatic heterocycles. The molecule has 3 heterocycles. The molecule has 7 nitrogen and oxygen atoms in total. The monoisotopic (exact) mass is 463 g/mol. The molecule has 0 amide bonds. The first-order valence-corrected chi connectivity index (χ1v) is 10.4. The molecule has 5 aromatic rings. The van der Waals surface area contributed by atoms with E-state index in [1.807, 2.05) is 54.0 Å². The molecule has 0 fully saturated rings. The number of aromatic nitrogens is 5. The summed E-state index contributed by atoms with van der Waals surface area (Å²) in [5.74, 6) is -0.443. The molecule has 0 aliphatic rings. The Hall–Kier alpha value is -3.55. The van der Waals surface area contributed by atoms with Crippen LogP contribution in [0, 0.1) is 6.92 Å². The van der Waals surface area contributed by atoms with E-state index in [0.29, 0.717) is 33.4 Å². The lowest BCUT2D eigenvalue weighted by Gasteiger charge is -2.08. The minimum Gasteiger partial charge on any atom is -0.330 e. The van der Waals surface area contributed by atoms with Gasteiger partial charge in [0.2, 0.25) is 5.82 Å². The van der Waals surface area contributed by atoms with E-state index in [2.05, 4.69) is 20.1 Å². The number of hydrogen-bond acceptors (Lipinski definition) is 6. The molecule has 0 aliphatic heterocycles. The predicted octanol–water partition coefficient (Wildman–Crippen LogP) is 5.38. The van der Waals surface area contributed by atoms with Crippen LogP contribution in [0.1, 0.15) is 27.4 Å². The first-order chi connectivity index (χ1) is 15.5. The molecular formula is C23H15Cl2N5O2. The van der Waals surface area contributed by atoms with Gasteiger partial charge in [-0.05, 0) is 36.8 Å². The molecule has 0 saturated carbocycles. The maximum absolute atomic E-state index is 13.4. The van der Waals surface area contributed by atoms with Crippen molar-refractivity contribution in [3.8, 4) is 11.5 Å². The van der Waals surface area contributed by atoms with Crippen molar-refractivity contribution in [3.63, 3.8) is 0 Å². The minimum atomic E-state index is -0.455. The van der Waals surface area contributed by atoms with Gasteiger partial charge in [0.15, 0.2) is 0 Å². The Morgan fingerprint density at radius 2 is 1.91 bits per heavy atom. The highest BCUT2D eigenvalue weighted by atomic mass is 35.5. The highest BCUT2D eigenvalue weighted by molar-refractivity contribution is 6.36. The van der Waals surface area contributed by atoms with Gasteiger partial charge in [0.25, 0.3) is 11.7 Å². The van der Waals surface area contributed by atoms with Crippen molar-refractivity contribution in [3.05, 3.63) is 93.8 Å². The van der Waals surface area contributed by atoms with E-state index in [9.17, 15) is 4.79 Å². The van der Waals surface area contributed by atoms with Gasteiger partial charge in [-0.15, -0.1) is 0 Å². The van der Waals surface area contributed by atoms with Gasteiger partial charge in [0.05, 0.1) is 17.3 Å². The van der Waals surface area contributed by atoms with E-state index >= 15 is 0 Å². The standard InChI is InChI=1S/C23H15Cl2N5O2/c1-13-2-7-18-16(10-13)19(21(25)30(18)12-14-3-5-15(24)6-4-14)20(31)23-28-22(29-32-23)17-11-26-8-9-27-17/h2-11H,12H2,1H3. The van der Waals surface area contributed by atoms with Crippen molar-refractivity contribution in [1.82, 2.24) is 24.7 Å². The summed E-state index contributed by atoms with van der Waals surface area (Å²) in [5, 5.41) is 5.54. The quantitative estimate of drug-likeness (QED) is 0.325. The fraction of sp³-hybridized carbons (Fsp3) is 0.0870. The fourth-order valence-corrected chi connectivity index (χ4v) is 3.99. The summed E-state index contributed by atoms with van der Waals surface area (Å²) in [7, 11) is 0. The lowest BCUT2D eigenvalue weighted by Crippen LogP contribution is -2.04. The molecule has 0 atom stereocenters. The lowest BCUT2D eigenvalue weighted by molar-refractivity contribution is 0.0995. The number of rotatable bonds is 5. The predicted molar refractivity (Wildman–Crippen MR) is 121 cm³/mol. The average Bonchev–Trinajstić information content (AvgIpc) is 3.39. The van der Waals surface area contributed by atoms with Gasteiger partial charge in [-0.1, -0.05) is 52.1 Å². The smallest absolute Gasteiger partial charge is 0.299 e. The zero-order chi connectivity index (χ0) is 22.2. The molecule has 0 N–H and O–H groups in total. The molecule has 0 unspecified atom stereocenters. The minimum absolute atomic E-state index is 0.167. The third kappa shape index (κ3) is 3.66. The zero-order valence-corrected chi connectivity index (χ0v) is 18.3. The number of aryl methyl sites for hydroxylation is 1. The number of benzene rings is 2. The van der Waals surface area contributed by atoms with Gasteiger partial charge >= 0.3 is 0 Å². The van der Waals surface area contributed by atoms with Crippen molar-refractivity contribution in [2.75, 3.05) is 0 Å². The SMILES string of the molecule is Cc1ccc2c(c1)c(C(=O)c1nc(-c3cnccn3)no1)c(Cl)n2Cc1ccc(Cl)cc1. The molecule has 0 saturated heterocycles. The van der Waals surface area contributed by atoms with Crippen LogP contribution in [0.3, 0.4) is 0 Å². The Labute approximate surface area is 192 Å². The summed E-state index contributed by atoms with van der Waals surface area (Å²) in [6, 6.07) is 13.3. The molecule has 5 rings (SSSR count). The maximum atomic E-state index is 13.4. The number of carbonyl (C=O) groups excluding carboxylic acids is 1. The molecule has 32 heavy (non-hydrogen) atoms. The number of halogens is 2. The van der Waals surface area contributed by atoms with Crippen molar-refractivity contribution in [2.45, 2.75) is 13.5 Å². The largest absolute Gasteiger partial charge is 0.330 e. The summed E-state index contributed by atoms with van der Waals surface area (Å²) in [5.41, 5.74) is 3.54. The second-order valence-electron chi connectivity index (χ2n) is 7.24. The Balaban J connectivity index is 1.60. The molecule has 158 valence electrons. The van der Waals surface area contributed by atoms with E-state index in [0.717, 1.165) is 16.6 Å². The molecule has 0 spiro atoms. The Morgan fingerprint density at radius 1 is 1.09 bits per heavy atom. The fourth-order valence-electron chi connectivity index (χ4n) is 3.52. The molecular weight excluding hydrogens is 449 g/mol. The molecule has 2 aromatic carbocycles. The lowest BCUT2D eigenvalue weighted by atomic mass is 10.1. The van der Waals surface area contributed by atoms with Gasteiger partial charge < -0.3 is 9.09 Å². The van der Waals surface area contributed by atoms with Crippen LogP contribution in [-0.2, 0) is 6.54 Å². The van der Waals surface area contributed by atoms with Crippen LogP contribution >= 0.6 is 23.2 Å². The number of fused-ring (bicyclic) bond motifs is 1. The van der Waals surface area contributed by atoms with Crippen LogP contribution in [0.25, 0.3) is 22.4 Å². The zero-order valence-electron chi connectivity index (χ0n) is 16.8. The second-order valence-corrected chi connectivity index (χ2v) is 8.04. The summed E-state index contributed by atoms with van der Waals surface area (Å²) in [4.78, 5) is 25.7. The summed E-state index contributed by atoms with van der Waals surface area (Å²) in [6.45, 7) is 2.43. The van der Waals surface area contributed by atoms with E-state index in [1.54, 1.807) is 0 Å². The van der Waals surface area contributed by atoms with Crippen LogP contribution in [0.2, 0.25) is 10.2 Å². The van der Waals surface area contributed by atoms with E-state index < -0.39 is 5.78 Å². The Bertz CT molecular complexity index is 1440. The number of hydrogen-bond donors (Lipinski definition) is 0. The Morgan fingerprint density at radius 3 is 2.66 bits per heavy atom. The van der Waals surface area contributed by atoms with Crippen LogP contribution in [0.5, 0.6) is 0 Å². The van der Waals surface area contributed by atoms with Crippen molar-refractivity contribution >= 4 is 39.9 Å². The van der Waals surface area contributed by atoms with Crippen LogP contribution in [0.15, 0.2) is 65.6 Å². The molecule has 0 radical (unpaired) electrons. The van der Waals surface area contributed by atoms with E-state index in [-0.39, 0.29) is 11.7 Å². The second kappa shape index (κ2) is 8.18. The molecule has 9 heteroatoms.